The summed E-state index contributed by atoms with van der Waals surface area (Å²) in [7, 11) is 4.58. The third-order valence-corrected chi connectivity index (χ3v) is 4.18. The maximum Gasteiger partial charge on any atom is 0.387 e. The number of ether oxygens (including phenoxy) is 3. The molecule has 0 aliphatic heterocycles. The van der Waals surface area contributed by atoms with Gasteiger partial charge >= 0.3 is 6.61 Å². The Labute approximate surface area is 171 Å². The van der Waals surface area contributed by atoms with Crippen LogP contribution in [0, 0.1) is 5.82 Å². The Hall–Kier alpha value is -3.27. The smallest absolute Gasteiger partial charge is 0.387 e. The van der Waals surface area contributed by atoms with Crippen molar-refractivity contribution in [3.05, 3.63) is 53.7 Å². The van der Waals surface area contributed by atoms with Crippen LogP contribution in [0.4, 0.5) is 13.2 Å². The number of hydrogen-bond donors (Lipinski definition) is 0. The van der Waals surface area contributed by atoms with E-state index >= 15 is 0 Å². The van der Waals surface area contributed by atoms with Gasteiger partial charge in [-0.15, -0.1) is 0 Å². The molecule has 0 saturated heterocycles. The molecule has 0 unspecified atom stereocenters. The molecule has 0 spiro atoms. The van der Waals surface area contributed by atoms with Crippen LogP contribution in [0.2, 0.25) is 0 Å². The molecule has 0 bridgehead atoms. The largest absolute Gasteiger partial charge is 0.494 e. The van der Waals surface area contributed by atoms with E-state index in [4.69, 9.17) is 14.0 Å². The molecule has 160 valence electrons. The van der Waals surface area contributed by atoms with Crippen LogP contribution in [-0.4, -0.2) is 42.9 Å². The summed E-state index contributed by atoms with van der Waals surface area (Å²) < 4.78 is 58.4. The Morgan fingerprint density at radius 1 is 1.00 bits per heavy atom. The van der Waals surface area contributed by atoms with Crippen LogP contribution in [0.3, 0.4) is 0 Å². The fourth-order valence-electron chi connectivity index (χ4n) is 2.84. The highest BCUT2D eigenvalue weighted by atomic mass is 19.3. The molecule has 3 rings (SSSR count). The van der Waals surface area contributed by atoms with Crippen LogP contribution in [0.15, 0.2) is 40.9 Å². The quantitative estimate of drug-likeness (QED) is 0.513. The Kier molecular flexibility index (Phi) is 6.78. The van der Waals surface area contributed by atoms with Gasteiger partial charge in [-0.05, 0) is 42.9 Å². The summed E-state index contributed by atoms with van der Waals surface area (Å²) in [4.78, 5) is 6.19. The third-order valence-electron chi connectivity index (χ3n) is 4.18. The van der Waals surface area contributed by atoms with E-state index in [0.29, 0.717) is 24.5 Å². The van der Waals surface area contributed by atoms with Crippen molar-refractivity contribution in [2.24, 2.45) is 0 Å². The van der Waals surface area contributed by atoms with Crippen molar-refractivity contribution in [3.8, 4) is 28.6 Å². The zero-order chi connectivity index (χ0) is 21.7. The Morgan fingerprint density at radius 2 is 1.73 bits per heavy atom. The number of halogens is 3. The van der Waals surface area contributed by atoms with E-state index < -0.39 is 12.4 Å². The Balaban J connectivity index is 1.68. The molecule has 0 aliphatic rings. The second-order valence-electron chi connectivity index (χ2n) is 6.40. The third kappa shape index (κ3) is 5.20. The van der Waals surface area contributed by atoms with Gasteiger partial charge in [0, 0.05) is 12.1 Å². The van der Waals surface area contributed by atoms with Gasteiger partial charge in [0.05, 0.1) is 20.8 Å². The zero-order valence-corrected chi connectivity index (χ0v) is 16.6. The lowest BCUT2D eigenvalue weighted by molar-refractivity contribution is -0.0512. The summed E-state index contributed by atoms with van der Waals surface area (Å²) in [6.45, 7) is -2.19. The number of nitrogens with zero attached hydrogens (tertiary/aromatic N) is 3. The number of methoxy groups -OCH3 is 2. The van der Waals surface area contributed by atoms with Gasteiger partial charge in [0.2, 0.25) is 11.7 Å². The second kappa shape index (κ2) is 9.49. The lowest BCUT2D eigenvalue weighted by Crippen LogP contribution is -2.17. The highest BCUT2D eigenvalue weighted by molar-refractivity contribution is 5.60. The molecule has 3 aromatic rings. The van der Waals surface area contributed by atoms with Crippen LogP contribution >= 0.6 is 0 Å². The summed E-state index contributed by atoms with van der Waals surface area (Å²) in [6.07, 6.45) is 0. The summed E-state index contributed by atoms with van der Waals surface area (Å²) in [5.74, 6) is 0.397. The fourth-order valence-corrected chi connectivity index (χ4v) is 2.84. The first-order chi connectivity index (χ1) is 14.4. The lowest BCUT2D eigenvalue weighted by Gasteiger charge is -2.14. The summed E-state index contributed by atoms with van der Waals surface area (Å²) in [5.41, 5.74) is 1.28. The Morgan fingerprint density at radius 3 is 2.40 bits per heavy atom. The number of hydrogen-bond acceptors (Lipinski definition) is 7. The van der Waals surface area contributed by atoms with Gasteiger partial charge < -0.3 is 18.7 Å². The Bertz CT molecular complexity index is 997. The summed E-state index contributed by atoms with van der Waals surface area (Å²) >= 11 is 0. The molecule has 10 heteroatoms. The number of aromatic nitrogens is 2. The first-order valence-electron chi connectivity index (χ1n) is 8.86. The molecule has 1 aromatic heterocycles. The van der Waals surface area contributed by atoms with E-state index in [1.807, 2.05) is 11.9 Å². The van der Waals surface area contributed by atoms with Crippen molar-refractivity contribution >= 4 is 0 Å². The molecule has 30 heavy (non-hydrogen) atoms. The van der Waals surface area contributed by atoms with Gasteiger partial charge in [0.25, 0.3) is 0 Å². The van der Waals surface area contributed by atoms with Crippen molar-refractivity contribution in [3.63, 3.8) is 0 Å². The molecule has 0 atom stereocenters. The molecule has 7 nitrogen and oxygen atoms in total. The molecule has 0 aliphatic carbocycles. The van der Waals surface area contributed by atoms with Crippen molar-refractivity contribution in [2.45, 2.75) is 19.7 Å². The van der Waals surface area contributed by atoms with Crippen LogP contribution in [0.1, 0.15) is 11.5 Å². The van der Waals surface area contributed by atoms with Crippen LogP contribution in [0.25, 0.3) is 11.4 Å². The van der Waals surface area contributed by atoms with E-state index in [-0.39, 0.29) is 23.1 Å². The monoisotopic (exact) mass is 423 g/mol. The van der Waals surface area contributed by atoms with E-state index in [1.54, 1.807) is 12.1 Å². The fraction of sp³-hybridized carbons (Fsp3) is 0.300. The molecule has 0 amide bonds. The van der Waals surface area contributed by atoms with Crippen LogP contribution in [-0.2, 0) is 13.1 Å². The molecule has 0 radical (unpaired) electrons. The van der Waals surface area contributed by atoms with E-state index in [0.717, 1.165) is 5.56 Å². The minimum Gasteiger partial charge on any atom is -0.494 e. The SMILES string of the molecule is COc1ccc(CN(C)Cc2nc(-c3ccc(OC(F)F)c(OC)c3)no2)cc1F. The van der Waals surface area contributed by atoms with Gasteiger partial charge in [-0.25, -0.2) is 4.39 Å². The van der Waals surface area contributed by atoms with E-state index in [2.05, 4.69) is 14.9 Å². The average Bonchev–Trinajstić information content (AvgIpc) is 3.16. The van der Waals surface area contributed by atoms with Crippen molar-refractivity contribution < 1.29 is 31.9 Å². The zero-order valence-electron chi connectivity index (χ0n) is 16.6. The van der Waals surface area contributed by atoms with Crippen LogP contribution < -0.4 is 14.2 Å². The molecule has 2 aromatic carbocycles. The maximum absolute atomic E-state index is 13.8. The number of benzene rings is 2. The van der Waals surface area contributed by atoms with E-state index in [9.17, 15) is 13.2 Å². The average molecular weight is 423 g/mol. The first kappa shape index (κ1) is 21.4. The topological polar surface area (TPSA) is 69.9 Å². The molecule has 0 N–H and O–H groups in total. The standard InChI is InChI=1S/C20H20F3N3O4/c1-26(10-12-4-6-15(27-2)14(21)8-12)11-18-24-19(25-30-18)13-5-7-16(29-20(22)23)17(9-13)28-3/h4-9,20H,10-11H2,1-3H3. The van der Waals surface area contributed by atoms with Crippen molar-refractivity contribution in [2.75, 3.05) is 21.3 Å². The predicted molar refractivity (Wildman–Crippen MR) is 101 cm³/mol. The number of rotatable bonds is 9. The van der Waals surface area contributed by atoms with Crippen molar-refractivity contribution in [1.29, 1.82) is 0 Å². The molecule has 0 saturated carbocycles. The minimum atomic E-state index is -2.96. The minimum absolute atomic E-state index is 0.0913. The maximum atomic E-state index is 13.8. The van der Waals surface area contributed by atoms with Crippen LogP contribution in [0.5, 0.6) is 17.2 Å². The van der Waals surface area contributed by atoms with Gasteiger partial charge in [-0.3, -0.25) is 4.90 Å². The van der Waals surface area contributed by atoms with Gasteiger partial charge in [-0.2, -0.15) is 13.8 Å². The molecule has 1 heterocycles. The van der Waals surface area contributed by atoms with Gasteiger partial charge in [0.1, 0.15) is 0 Å². The van der Waals surface area contributed by atoms with Gasteiger partial charge in [0.15, 0.2) is 23.1 Å². The summed E-state index contributed by atoms with van der Waals surface area (Å²) in [5, 5.41) is 3.92. The van der Waals surface area contributed by atoms with E-state index in [1.165, 1.54) is 38.5 Å². The molecular weight excluding hydrogens is 403 g/mol. The highest BCUT2D eigenvalue weighted by Crippen LogP contribution is 2.32. The molecular formula is C20H20F3N3O4. The normalized spacial score (nSPS) is 11.2. The first-order valence-corrected chi connectivity index (χ1v) is 8.86. The second-order valence-corrected chi connectivity index (χ2v) is 6.40. The molecule has 0 fully saturated rings. The van der Waals surface area contributed by atoms with Crippen molar-refractivity contribution in [1.82, 2.24) is 15.0 Å². The predicted octanol–water partition coefficient (Wildman–Crippen LogP) is 4.13. The lowest BCUT2D eigenvalue weighted by atomic mass is 10.2. The summed E-state index contributed by atoms with van der Waals surface area (Å²) in [6, 6.07) is 9.10. The number of alkyl halides is 2. The highest BCUT2D eigenvalue weighted by Gasteiger charge is 2.16. The van der Waals surface area contributed by atoms with Gasteiger partial charge in [-0.1, -0.05) is 11.2 Å².